The summed E-state index contributed by atoms with van der Waals surface area (Å²) in [5.41, 5.74) is 2.42. The summed E-state index contributed by atoms with van der Waals surface area (Å²) < 4.78 is 0. The number of urea groups is 1. The van der Waals surface area contributed by atoms with Gasteiger partial charge in [0.2, 0.25) is 0 Å². The van der Waals surface area contributed by atoms with Crippen molar-refractivity contribution in [1.82, 2.24) is 20.4 Å². The Bertz CT molecular complexity index is 636. The fourth-order valence-electron chi connectivity index (χ4n) is 3.25. The highest BCUT2D eigenvalue weighted by Gasteiger charge is 2.37. The zero-order valence-corrected chi connectivity index (χ0v) is 13.7. The highest BCUT2D eigenvalue weighted by atomic mass is 16.2. The van der Waals surface area contributed by atoms with E-state index in [0.29, 0.717) is 12.5 Å². The van der Waals surface area contributed by atoms with Crippen LogP contribution < -0.4 is 5.32 Å². The molecule has 0 spiro atoms. The maximum Gasteiger partial charge on any atom is 0.317 e. The third-order valence-electron chi connectivity index (χ3n) is 4.85. The number of hydrogen-bond acceptors (Lipinski definition) is 2. The van der Waals surface area contributed by atoms with Crippen LogP contribution in [0.15, 0.2) is 42.6 Å². The number of benzene rings is 1. The Morgan fingerprint density at radius 3 is 2.83 bits per heavy atom. The quantitative estimate of drug-likeness (QED) is 0.914. The van der Waals surface area contributed by atoms with E-state index in [1.807, 2.05) is 17.0 Å². The van der Waals surface area contributed by atoms with Gasteiger partial charge >= 0.3 is 6.03 Å². The van der Waals surface area contributed by atoms with Crippen LogP contribution >= 0.6 is 0 Å². The second-order valence-corrected chi connectivity index (χ2v) is 6.89. The molecule has 2 aromatic rings. The topological polar surface area (TPSA) is 61.0 Å². The fraction of sp³-hybridized carbons (Fsp3) is 0.444. The highest BCUT2D eigenvalue weighted by Crippen LogP contribution is 2.42. The third-order valence-corrected chi connectivity index (χ3v) is 4.85. The van der Waals surface area contributed by atoms with Crippen LogP contribution in [-0.2, 0) is 6.54 Å². The number of likely N-dealkylation sites (tertiary alicyclic amines) is 1. The Kier molecular flexibility index (Phi) is 4.37. The molecule has 122 valence electrons. The zero-order chi connectivity index (χ0) is 16.3. The van der Waals surface area contributed by atoms with Gasteiger partial charge in [0.15, 0.2) is 0 Å². The maximum absolute atomic E-state index is 12.5. The molecule has 2 amide bonds. The van der Waals surface area contributed by atoms with E-state index in [4.69, 9.17) is 0 Å². The lowest BCUT2D eigenvalue weighted by Gasteiger charge is -2.44. The molecule has 23 heavy (non-hydrogen) atoms. The summed E-state index contributed by atoms with van der Waals surface area (Å²) in [6.07, 6.45) is 2.69. The van der Waals surface area contributed by atoms with Gasteiger partial charge in [0.1, 0.15) is 0 Å². The van der Waals surface area contributed by atoms with Crippen LogP contribution in [0.2, 0.25) is 0 Å². The molecule has 1 aromatic heterocycles. The van der Waals surface area contributed by atoms with Crippen molar-refractivity contribution >= 4 is 6.03 Å². The van der Waals surface area contributed by atoms with Crippen LogP contribution in [-0.4, -0.2) is 34.2 Å². The first-order chi connectivity index (χ1) is 11.1. The predicted molar refractivity (Wildman–Crippen MR) is 90.0 cm³/mol. The van der Waals surface area contributed by atoms with Crippen molar-refractivity contribution in [2.75, 3.05) is 13.1 Å². The van der Waals surface area contributed by atoms with E-state index in [1.54, 1.807) is 6.20 Å². The largest absolute Gasteiger partial charge is 0.332 e. The Morgan fingerprint density at radius 2 is 2.13 bits per heavy atom. The summed E-state index contributed by atoms with van der Waals surface area (Å²) >= 11 is 0. The number of carbonyl (C=O) groups excluding carboxylic acids is 1. The van der Waals surface area contributed by atoms with Crippen molar-refractivity contribution in [1.29, 1.82) is 0 Å². The second-order valence-electron chi connectivity index (χ2n) is 6.89. The van der Waals surface area contributed by atoms with Crippen LogP contribution in [0, 0.1) is 5.41 Å². The average molecular weight is 312 g/mol. The molecule has 1 aliphatic rings. The summed E-state index contributed by atoms with van der Waals surface area (Å²) in [5, 5.41) is 9.72. The minimum atomic E-state index is -0.00367. The van der Waals surface area contributed by atoms with Gasteiger partial charge in [-0.1, -0.05) is 44.2 Å². The molecule has 5 nitrogen and oxygen atoms in total. The molecule has 1 atom stereocenters. The van der Waals surface area contributed by atoms with Gasteiger partial charge in [0, 0.05) is 25.2 Å². The lowest BCUT2D eigenvalue weighted by molar-refractivity contribution is 0.117. The Hall–Kier alpha value is -2.30. The first-order valence-corrected chi connectivity index (χ1v) is 8.12. The molecule has 1 aromatic carbocycles. The molecule has 5 heteroatoms. The van der Waals surface area contributed by atoms with E-state index >= 15 is 0 Å². The number of aromatic amines is 1. The minimum Gasteiger partial charge on any atom is -0.332 e. The lowest BCUT2D eigenvalue weighted by Crippen LogP contribution is -2.49. The van der Waals surface area contributed by atoms with Crippen molar-refractivity contribution in [2.24, 2.45) is 5.41 Å². The number of H-pyrrole nitrogens is 1. The number of nitrogens with one attached hydrogen (secondary N) is 2. The van der Waals surface area contributed by atoms with E-state index in [1.165, 1.54) is 5.56 Å². The monoisotopic (exact) mass is 312 g/mol. The summed E-state index contributed by atoms with van der Waals surface area (Å²) in [4.78, 5) is 14.4. The average Bonchev–Trinajstić information content (AvgIpc) is 3.06. The van der Waals surface area contributed by atoms with E-state index in [9.17, 15) is 4.79 Å². The van der Waals surface area contributed by atoms with Crippen LogP contribution in [0.4, 0.5) is 4.79 Å². The normalized spacial score (nSPS) is 20.3. The van der Waals surface area contributed by atoms with E-state index in [-0.39, 0.29) is 11.4 Å². The number of nitrogens with zero attached hydrogens (tertiary/aromatic N) is 2. The van der Waals surface area contributed by atoms with Crippen molar-refractivity contribution in [3.8, 4) is 0 Å². The van der Waals surface area contributed by atoms with Gasteiger partial charge < -0.3 is 10.2 Å². The number of rotatable bonds is 3. The Morgan fingerprint density at radius 1 is 1.35 bits per heavy atom. The van der Waals surface area contributed by atoms with E-state index in [0.717, 1.165) is 25.2 Å². The van der Waals surface area contributed by atoms with Crippen LogP contribution in [0.5, 0.6) is 0 Å². The van der Waals surface area contributed by atoms with Gasteiger partial charge in [-0.15, -0.1) is 0 Å². The number of piperidine rings is 1. The standard InChI is InChI=1S/C18H24N4O/c1-18(2)9-11-22(13-16(18)14-6-4-3-5-7-14)17(23)19-12-15-8-10-20-21-15/h3-8,10,16H,9,11-13H2,1-2H3,(H,19,23)(H,20,21). The molecule has 1 unspecified atom stereocenters. The molecule has 0 saturated carbocycles. The number of carbonyl (C=O) groups is 1. The summed E-state index contributed by atoms with van der Waals surface area (Å²) in [5.74, 6) is 0.357. The number of aromatic nitrogens is 2. The summed E-state index contributed by atoms with van der Waals surface area (Å²) in [7, 11) is 0. The highest BCUT2D eigenvalue weighted by molar-refractivity contribution is 5.74. The van der Waals surface area contributed by atoms with Gasteiger partial charge in [0.05, 0.1) is 12.2 Å². The molecule has 1 fully saturated rings. The predicted octanol–water partition coefficient (Wildman–Crippen LogP) is 3.14. The molecule has 0 aliphatic carbocycles. The van der Waals surface area contributed by atoms with Gasteiger partial charge in [-0.25, -0.2) is 4.79 Å². The fourth-order valence-corrected chi connectivity index (χ4v) is 3.25. The smallest absolute Gasteiger partial charge is 0.317 e. The molecular weight excluding hydrogens is 288 g/mol. The SMILES string of the molecule is CC1(C)CCN(C(=O)NCc2ccn[nH]2)CC1c1ccccc1. The maximum atomic E-state index is 12.5. The molecular formula is C18H24N4O. The number of amides is 2. The Balaban J connectivity index is 1.66. The van der Waals surface area contributed by atoms with Crippen LogP contribution in [0.1, 0.15) is 37.4 Å². The van der Waals surface area contributed by atoms with Crippen molar-refractivity contribution in [3.05, 3.63) is 53.9 Å². The van der Waals surface area contributed by atoms with Crippen molar-refractivity contribution in [3.63, 3.8) is 0 Å². The number of hydrogen-bond donors (Lipinski definition) is 2. The van der Waals surface area contributed by atoms with Gasteiger partial charge in [-0.3, -0.25) is 5.10 Å². The summed E-state index contributed by atoms with van der Waals surface area (Å²) in [6.45, 7) is 6.63. The molecule has 0 radical (unpaired) electrons. The second kappa shape index (κ2) is 6.44. The van der Waals surface area contributed by atoms with E-state index in [2.05, 4.69) is 53.6 Å². The molecule has 2 N–H and O–H groups in total. The van der Waals surface area contributed by atoms with E-state index < -0.39 is 0 Å². The Labute approximate surface area is 137 Å². The van der Waals surface area contributed by atoms with Crippen LogP contribution in [0.3, 0.4) is 0 Å². The molecule has 1 aliphatic heterocycles. The summed E-state index contributed by atoms with van der Waals surface area (Å²) in [6, 6.07) is 12.4. The molecule has 0 bridgehead atoms. The molecule has 1 saturated heterocycles. The lowest BCUT2D eigenvalue weighted by atomic mass is 9.70. The molecule has 2 heterocycles. The third kappa shape index (κ3) is 3.55. The van der Waals surface area contributed by atoms with Gasteiger partial charge in [0.25, 0.3) is 0 Å². The minimum absolute atomic E-state index is 0.00367. The molecule has 3 rings (SSSR count). The van der Waals surface area contributed by atoms with Gasteiger partial charge in [-0.2, -0.15) is 5.10 Å². The van der Waals surface area contributed by atoms with Crippen molar-refractivity contribution < 1.29 is 4.79 Å². The van der Waals surface area contributed by atoms with Crippen LogP contribution in [0.25, 0.3) is 0 Å². The van der Waals surface area contributed by atoms with Gasteiger partial charge in [-0.05, 0) is 23.5 Å². The van der Waals surface area contributed by atoms with Crippen molar-refractivity contribution in [2.45, 2.75) is 32.7 Å². The first-order valence-electron chi connectivity index (χ1n) is 8.12. The first kappa shape index (κ1) is 15.6. The zero-order valence-electron chi connectivity index (χ0n) is 13.7.